The molecular formula is C32H41N3O4S. The van der Waals surface area contributed by atoms with Gasteiger partial charge in [0.1, 0.15) is 12.6 Å². The number of anilines is 1. The molecule has 0 saturated carbocycles. The number of amides is 2. The maximum absolute atomic E-state index is 14.2. The van der Waals surface area contributed by atoms with Crippen molar-refractivity contribution in [2.24, 2.45) is 5.92 Å². The Morgan fingerprint density at radius 3 is 2.10 bits per heavy atom. The molecule has 3 aromatic carbocycles. The van der Waals surface area contributed by atoms with E-state index in [0.717, 1.165) is 38.4 Å². The van der Waals surface area contributed by atoms with E-state index in [2.05, 4.69) is 5.32 Å². The van der Waals surface area contributed by atoms with E-state index in [1.165, 1.54) is 4.90 Å². The van der Waals surface area contributed by atoms with Crippen LogP contribution in [0.15, 0.2) is 72.8 Å². The molecule has 2 amide bonds. The number of carbonyl (C=O) groups is 2. The van der Waals surface area contributed by atoms with Crippen molar-refractivity contribution >= 4 is 27.5 Å². The van der Waals surface area contributed by atoms with Gasteiger partial charge in [0.05, 0.1) is 11.9 Å². The third kappa shape index (κ3) is 8.18. The first kappa shape index (κ1) is 30.9. The average molecular weight is 564 g/mol. The minimum absolute atomic E-state index is 0.169. The molecule has 0 spiro atoms. The summed E-state index contributed by atoms with van der Waals surface area (Å²) in [7, 11) is -3.81. The zero-order valence-corrected chi connectivity index (χ0v) is 25.2. The van der Waals surface area contributed by atoms with Crippen LogP contribution in [0.2, 0.25) is 0 Å². The Labute approximate surface area is 239 Å². The molecule has 3 rings (SSSR count). The smallest absolute Gasteiger partial charge is 0.244 e. The topological polar surface area (TPSA) is 86.8 Å². The highest BCUT2D eigenvalue weighted by Gasteiger charge is 2.33. The third-order valence-electron chi connectivity index (χ3n) is 7.08. The predicted molar refractivity (Wildman–Crippen MR) is 162 cm³/mol. The number of hydrogen-bond donors (Lipinski definition) is 1. The molecule has 0 bridgehead atoms. The van der Waals surface area contributed by atoms with Crippen molar-refractivity contribution in [2.75, 3.05) is 23.7 Å². The van der Waals surface area contributed by atoms with Gasteiger partial charge in [0, 0.05) is 19.5 Å². The lowest BCUT2D eigenvalue weighted by atomic mass is 10.0. The van der Waals surface area contributed by atoms with Gasteiger partial charge >= 0.3 is 0 Å². The van der Waals surface area contributed by atoms with Crippen molar-refractivity contribution in [2.45, 2.75) is 53.6 Å². The Morgan fingerprint density at radius 1 is 0.850 bits per heavy atom. The lowest BCUT2D eigenvalue weighted by Crippen LogP contribution is -2.53. The van der Waals surface area contributed by atoms with Gasteiger partial charge in [0.2, 0.25) is 21.8 Å². The van der Waals surface area contributed by atoms with Crippen LogP contribution in [0.25, 0.3) is 0 Å². The fourth-order valence-corrected chi connectivity index (χ4v) is 5.45. The van der Waals surface area contributed by atoms with Crippen molar-refractivity contribution in [3.05, 3.63) is 101 Å². The molecule has 8 heteroatoms. The first-order valence-corrected chi connectivity index (χ1v) is 15.4. The predicted octanol–water partition coefficient (Wildman–Crippen LogP) is 4.79. The lowest BCUT2D eigenvalue weighted by molar-refractivity contribution is -0.140. The number of sulfonamides is 1. The van der Waals surface area contributed by atoms with Gasteiger partial charge in [-0.15, -0.1) is 0 Å². The number of aryl methyl sites for hydroxylation is 2. The molecule has 214 valence electrons. The molecule has 0 aliphatic heterocycles. The van der Waals surface area contributed by atoms with E-state index in [4.69, 9.17) is 0 Å². The van der Waals surface area contributed by atoms with E-state index < -0.39 is 28.5 Å². The van der Waals surface area contributed by atoms with Crippen molar-refractivity contribution < 1.29 is 18.0 Å². The van der Waals surface area contributed by atoms with Gasteiger partial charge in [-0.1, -0.05) is 80.6 Å². The van der Waals surface area contributed by atoms with E-state index in [9.17, 15) is 18.0 Å². The molecule has 0 aliphatic rings. The van der Waals surface area contributed by atoms with Crippen LogP contribution in [-0.4, -0.2) is 50.5 Å². The Morgan fingerprint density at radius 2 is 1.48 bits per heavy atom. The minimum atomic E-state index is -3.81. The molecule has 3 aromatic rings. The Bertz CT molecular complexity index is 1420. The van der Waals surface area contributed by atoms with Crippen LogP contribution in [0.1, 0.15) is 41.7 Å². The second-order valence-corrected chi connectivity index (χ2v) is 12.7. The maximum atomic E-state index is 14.2. The second-order valence-electron chi connectivity index (χ2n) is 10.8. The van der Waals surface area contributed by atoms with Gasteiger partial charge in [-0.25, -0.2) is 8.42 Å². The molecule has 0 aliphatic carbocycles. The highest BCUT2D eigenvalue weighted by atomic mass is 32.2. The summed E-state index contributed by atoms with van der Waals surface area (Å²) in [6.07, 6.45) is 1.40. The molecule has 1 N–H and O–H groups in total. The van der Waals surface area contributed by atoms with Gasteiger partial charge in [0.15, 0.2) is 0 Å². The average Bonchev–Trinajstić information content (AvgIpc) is 2.90. The van der Waals surface area contributed by atoms with Crippen LogP contribution in [0, 0.1) is 26.7 Å². The zero-order chi connectivity index (χ0) is 29.4. The summed E-state index contributed by atoms with van der Waals surface area (Å²) in [5.74, 6) is -0.487. The van der Waals surface area contributed by atoms with E-state index in [1.54, 1.807) is 12.1 Å². The highest BCUT2D eigenvalue weighted by molar-refractivity contribution is 7.92. The van der Waals surface area contributed by atoms with Crippen LogP contribution in [0.5, 0.6) is 0 Å². The van der Waals surface area contributed by atoms with Gasteiger partial charge in [0.25, 0.3) is 0 Å². The Kier molecular flexibility index (Phi) is 10.5. The van der Waals surface area contributed by atoms with E-state index in [1.807, 2.05) is 95.3 Å². The van der Waals surface area contributed by atoms with Gasteiger partial charge < -0.3 is 10.2 Å². The van der Waals surface area contributed by atoms with E-state index in [0.29, 0.717) is 18.7 Å². The second kappa shape index (κ2) is 13.6. The van der Waals surface area contributed by atoms with Crippen LogP contribution < -0.4 is 9.62 Å². The van der Waals surface area contributed by atoms with Crippen molar-refractivity contribution in [1.29, 1.82) is 0 Å². The van der Waals surface area contributed by atoms with Crippen LogP contribution in [0.4, 0.5) is 5.69 Å². The first-order valence-electron chi connectivity index (χ1n) is 13.6. The fraction of sp³-hybridized carbons (Fsp3) is 0.375. The summed E-state index contributed by atoms with van der Waals surface area (Å²) >= 11 is 0. The summed E-state index contributed by atoms with van der Waals surface area (Å²) in [5, 5.41) is 3.01. The zero-order valence-electron chi connectivity index (χ0n) is 24.3. The summed E-state index contributed by atoms with van der Waals surface area (Å²) in [5.41, 5.74) is 4.94. The summed E-state index contributed by atoms with van der Waals surface area (Å²) in [6, 6.07) is 21.8. The highest BCUT2D eigenvalue weighted by Crippen LogP contribution is 2.26. The summed E-state index contributed by atoms with van der Waals surface area (Å²) in [6.45, 7) is 9.95. The number of nitrogens with one attached hydrogen (secondary N) is 1. The Balaban J connectivity index is 2.08. The van der Waals surface area contributed by atoms with Crippen LogP contribution in [-0.2, 0) is 32.6 Å². The molecule has 0 saturated heterocycles. The third-order valence-corrected chi connectivity index (χ3v) is 8.21. The largest absolute Gasteiger partial charge is 0.354 e. The van der Waals surface area contributed by atoms with Gasteiger partial charge in [-0.05, 0) is 60.6 Å². The van der Waals surface area contributed by atoms with Crippen molar-refractivity contribution in [1.82, 2.24) is 10.2 Å². The molecule has 1 atom stereocenters. The van der Waals surface area contributed by atoms with E-state index in [-0.39, 0.29) is 18.4 Å². The van der Waals surface area contributed by atoms with Gasteiger partial charge in [-0.3, -0.25) is 13.9 Å². The number of carbonyl (C=O) groups excluding carboxylic acids is 2. The number of hydrogen-bond acceptors (Lipinski definition) is 4. The number of benzene rings is 3. The number of nitrogens with zero attached hydrogens (tertiary/aromatic N) is 2. The molecule has 7 nitrogen and oxygen atoms in total. The van der Waals surface area contributed by atoms with Crippen LogP contribution >= 0.6 is 0 Å². The molecule has 0 radical (unpaired) electrons. The monoisotopic (exact) mass is 563 g/mol. The molecule has 0 aromatic heterocycles. The molecule has 0 heterocycles. The molecular weight excluding hydrogens is 522 g/mol. The molecule has 1 unspecified atom stereocenters. The van der Waals surface area contributed by atoms with E-state index >= 15 is 0 Å². The standard InChI is InChI=1S/C32H41N3O4S/c1-23(2)20-33-32(37)30(19-27-15-8-7-9-16-27)34(21-28-17-11-10-13-25(28)4)31(36)22-35(40(6,38)39)29-18-12-14-24(3)26(29)5/h7-18,23,30H,19-22H2,1-6H3,(H,33,37). The lowest BCUT2D eigenvalue weighted by Gasteiger charge is -2.34. The minimum Gasteiger partial charge on any atom is -0.354 e. The van der Waals surface area contributed by atoms with Gasteiger partial charge in [-0.2, -0.15) is 0 Å². The van der Waals surface area contributed by atoms with Crippen molar-refractivity contribution in [3.63, 3.8) is 0 Å². The molecule has 40 heavy (non-hydrogen) atoms. The first-order chi connectivity index (χ1) is 18.9. The summed E-state index contributed by atoms with van der Waals surface area (Å²) in [4.78, 5) is 29.4. The Hall–Kier alpha value is -3.65. The maximum Gasteiger partial charge on any atom is 0.244 e. The number of rotatable bonds is 12. The van der Waals surface area contributed by atoms with Crippen molar-refractivity contribution in [3.8, 4) is 0 Å². The quantitative estimate of drug-likeness (QED) is 0.343. The summed E-state index contributed by atoms with van der Waals surface area (Å²) < 4.78 is 27.2. The SMILES string of the molecule is Cc1ccccc1CN(C(=O)CN(c1cccc(C)c1C)S(C)(=O)=O)C(Cc1ccccc1)C(=O)NCC(C)C. The normalized spacial score (nSPS) is 12.2. The van der Waals surface area contributed by atoms with Crippen LogP contribution in [0.3, 0.4) is 0 Å². The fourth-order valence-electron chi connectivity index (χ4n) is 4.55. The molecule has 0 fully saturated rings.